The molecular weight excluding hydrogens is 321 g/mol. The molecule has 1 unspecified atom stereocenters. The number of carboxylic acids is 1. The van der Waals surface area contributed by atoms with Crippen LogP contribution in [0.2, 0.25) is 0 Å². The van der Waals surface area contributed by atoms with E-state index in [1.807, 2.05) is 12.1 Å². The van der Waals surface area contributed by atoms with Crippen molar-refractivity contribution in [3.8, 4) is 0 Å². The van der Waals surface area contributed by atoms with E-state index in [1.165, 1.54) is 29.8 Å². The fourth-order valence-electron chi connectivity index (χ4n) is 3.33. The van der Waals surface area contributed by atoms with Gasteiger partial charge in [-0.15, -0.1) is 0 Å². The third-order valence-electron chi connectivity index (χ3n) is 4.68. The number of aliphatic carboxylic acids is 1. The van der Waals surface area contributed by atoms with Gasteiger partial charge in [0.2, 0.25) is 0 Å². The molecule has 1 aliphatic carbocycles. The molecule has 4 nitrogen and oxygen atoms in total. The maximum absolute atomic E-state index is 13.0. The van der Waals surface area contributed by atoms with Gasteiger partial charge >= 0.3 is 5.97 Å². The Balaban J connectivity index is 1.74. The summed E-state index contributed by atoms with van der Waals surface area (Å²) in [4.78, 5) is 24.1. The summed E-state index contributed by atoms with van der Waals surface area (Å²) in [7, 11) is 0. The van der Waals surface area contributed by atoms with Crippen molar-refractivity contribution in [1.82, 2.24) is 5.32 Å². The number of nitrogens with one attached hydrogen (secondary N) is 1. The first-order valence-electron chi connectivity index (χ1n) is 8.43. The predicted molar refractivity (Wildman–Crippen MR) is 92.2 cm³/mol. The highest BCUT2D eigenvalue weighted by atomic mass is 19.1. The number of fused-ring (bicyclic) bond motifs is 1. The Morgan fingerprint density at radius 2 is 1.80 bits per heavy atom. The molecule has 25 heavy (non-hydrogen) atoms. The van der Waals surface area contributed by atoms with E-state index < -0.39 is 17.7 Å². The summed E-state index contributed by atoms with van der Waals surface area (Å²) in [5.41, 5.74) is 3.36. The minimum Gasteiger partial charge on any atom is -0.481 e. The Hall–Kier alpha value is -2.69. The molecule has 0 spiro atoms. The predicted octanol–water partition coefficient (Wildman–Crippen LogP) is 3.30. The van der Waals surface area contributed by atoms with Crippen molar-refractivity contribution < 1.29 is 19.1 Å². The molecule has 0 aromatic heterocycles. The number of amides is 1. The van der Waals surface area contributed by atoms with Crippen molar-refractivity contribution in [2.45, 2.75) is 31.6 Å². The molecule has 0 aliphatic heterocycles. The average molecular weight is 341 g/mol. The minimum atomic E-state index is -1.05. The largest absolute Gasteiger partial charge is 0.481 e. The Bertz CT molecular complexity index is 786. The number of benzene rings is 2. The minimum absolute atomic E-state index is 0.0382. The van der Waals surface area contributed by atoms with E-state index in [9.17, 15) is 19.1 Å². The van der Waals surface area contributed by atoms with E-state index in [0.29, 0.717) is 11.1 Å². The number of carbonyl (C=O) groups excluding carboxylic acids is 1. The SMILES string of the molecule is O=C(NCC(C(=O)O)c1ccc(F)cc1)c1cccc2c1CCCC2. The van der Waals surface area contributed by atoms with Gasteiger partial charge in [0.25, 0.3) is 5.91 Å². The van der Waals surface area contributed by atoms with Gasteiger partial charge in [-0.2, -0.15) is 0 Å². The summed E-state index contributed by atoms with van der Waals surface area (Å²) < 4.78 is 13.0. The monoisotopic (exact) mass is 341 g/mol. The van der Waals surface area contributed by atoms with Gasteiger partial charge < -0.3 is 10.4 Å². The van der Waals surface area contributed by atoms with Gasteiger partial charge in [-0.05, 0) is 60.6 Å². The van der Waals surface area contributed by atoms with Crippen molar-refractivity contribution in [3.63, 3.8) is 0 Å². The molecule has 0 fully saturated rings. The molecule has 0 heterocycles. The zero-order chi connectivity index (χ0) is 17.8. The summed E-state index contributed by atoms with van der Waals surface area (Å²) >= 11 is 0. The second-order valence-corrected chi connectivity index (χ2v) is 6.30. The molecule has 2 N–H and O–H groups in total. The molecule has 0 radical (unpaired) electrons. The highest BCUT2D eigenvalue weighted by Gasteiger charge is 2.22. The molecule has 1 aliphatic rings. The second-order valence-electron chi connectivity index (χ2n) is 6.30. The van der Waals surface area contributed by atoms with E-state index >= 15 is 0 Å². The summed E-state index contributed by atoms with van der Waals surface area (Å²) in [5.74, 6) is -2.65. The number of rotatable bonds is 5. The molecule has 5 heteroatoms. The van der Waals surface area contributed by atoms with Crippen LogP contribution in [0.4, 0.5) is 4.39 Å². The van der Waals surface area contributed by atoms with Crippen LogP contribution in [-0.4, -0.2) is 23.5 Å². The molecule has 0 saturated carbocycles. The van der Waals surface area contributed by atoms with Crippen LogP contribution in [0.15, 0.2) is 42.5 Å². The lowest BCUT2D eigenvalue weighted by Crippen LogP contribution is -2.32. The molecule has 0 bridgehead atoms. The van der Waals surface area contributed by atoms with E-state index in [4.69, 9.17) is 0 Å². The zero-order valence-corrected chi connectivity index (χ0v) is 13.8. The van der Waals surface area contributed by atoms with Crippen LogP contribution in [0.3, 0.4) is 0 Å². The quantitative estimate of drug-likeness (QED) is 0.877. The van der Waals surface area contributed by atoms with Gasteiger partial charge in [0.05, 0.1) is 5.92 Å². The lowest BCUT2D eigenvalue weighted by Gasteiger charge is -2.20. The van der Waals surface area contributed by atoms with Crippen molar-refractivity contribution in [2.24, 2.45) is 0 Å². The zero-order valence-electron chi connectivity index (χ0n) is 13.8. The fraction of sp³-hybridized carbons (Fsp3) is 0.300. The number of hydrogen-bond acceptors (Lipinski definition) is 2. The van der Waals surface area contributed by atoms with Crippen LogP contribution in [0, 0.1) is 5.82 Å². The van der Waals surface area contributed by atoms with Gasteiger partial charge in [-0.25, -0.2) is 4.39 Å². The Kier molecular flexibility index (Phi) is 5.12. The highest BCUT2D eigenvalue weighted by molar-refractivity contribution is 5.96. The van der Waals surface area contributed by atoms with Crippen LogP contribution in [0.5, 0.6) is 0 Å². The molecule has 130 valence electrons. The van der Waals surface area contributed by atoms with E-state index in [0.717, 1.165) is 31.2 Å². The first-order chi connectivity index (χ1) is 12.1. The average Bonchev–Trinajstić information content (AvgIpc) is 2.62. The van der Waals surface area contributed by atoms with Gasteiger partial charge in [-0.3, -0.25) is 9.59 Å². The molecular formula is C20H20FNO3. The first kappa shape index (κ1) is 17.1. The number of halogens is 1. The van der Waals surface area contributed by atoms with Crippen LogP contribution >= 0.6 is 0 Å². The Morgan fingerprint density at radius 3 is 2.52 bits per heavy atom. The molecule has 1 atom stereocenters. The van der Waals surface area contributed by atoms with Crippen molar-refractivity contribution in [3.05, 3.63) is 70.5 Å². The third kappa shape index (κ3) is 3.87. The van der Waals surface area contributed by atoms with E-state index in [-0.39, 0.29) is 12.5 Å². The maximum atomic E-state index is 13.0. The summed E-state index contributed by atoms with van der Waals surface area (Å²) in [5, 5.41) is 12.2. The molecule has 2 aromatic rings. The Morgan fingerprint density at radius 1 is 1.08 bits per heavy atom. The van der Waals surface area contributed by atoms with Crippen molar-refractivity contribution in [2.75, 3.05) is 6.54 Å². The standard InChI is InChI=1S/C20H20FNO3/c21-15-10-8-14(9-11-15)18(20(24)25)12-22-19(23)17-7-3-5-13-4-1-2-6-16(13)17/h3,5,7-11,18H,1-2,4,6,12H2,(H,22,23)(H,24,25). The topological polar surface area (TPSA) is 66.4 Å². The molecule has 3 rings (SSSR count). The fourth-order valence-corrected chi connectivity index (χ4v) is 3.33. The summed E-state index contributed by atoms with van der Waals surface area (Å²) in [6.07, 6.45) is 4.04. The van der Waals surface area contributed by atoms with Gasteiger partial charge in [0.1, 0.15) is 5.82 Å². The molecule has 0 saturated heterocycles. The van der Waals surface area contributed by atoms with Gasteiger partial charge in [0, 0.05) is 12.1 Å². The normalized spacial score (nSPS) is 14.4. The highest BCUT2D eigenvalue weighted by Crippen LogP contribution is 2.24. The summed E-state index contributed by atoms with van der Waals surface area (Å²) in [6.45, 7) is -0.0382. The smallest absolute Gasteiger partial charge is 0.312 e. The Labute approximate surface area is 145 Å². The lowest BCUT2D eigenvalue weighted by atomic mass is 9.88. The van der Waals surface area contributed by atoms with E-state index in [1.54, 1.807) is 6.07 Å². The van der Waals surface area contributed by atoms with Gasteiger partial charge in [-0.1, -0.05) is 24.3 Å². The third-order valence-corrected chi connectivity index (χ3v) is 4.68. The number of carbonyl (C=O) groups is 2. The van der Waals surface area contributed by atoms with Crippen LogP contribution in [0.25, 0.3) is 0 Å². The number of hydrogen-bond donors (Lipinski definition) is 2. The molecule has 2 aromatic carbocycles. The second kappa shape index (κ2) is 7.47. The van der Waals surface area contributed by atoms with Crippen LogP contribution < -0.4 is 5.32 Å². The summed E-state index contributed by atoms with van der Waals surface area (Å²) in [6, 6.07) is 11.0. The lowest BCUT2D eigenvalue weighted by molar-refractivity contribution is -0.138. The van der Waals surface area contributed by atoms with Crippen molar-refractivity contribution >= 4 is 11.9 Å². The van der Waals surface area contributed by atoms with Crippen LogP contribution in [-0.2, 0) is 17.6 Å². The molecule has 1 amide bonds. The van der Waals surface area contributed by atoms with Crippen molar-refractivity contribution in [1.29, 1.82) is 0 Å². The van der Waals surface area contributed by atoms with Crippen LogP contribution in [0.1, 0.15) is 45.8 Å². The maximum Gasteiger partial charge on any atom is 0.312 e. The van der Waals surface area contributed by atoms with Gasteiger partial charge in [0.15, 0.2) is 0 Å². The van der Waals surface area contributed by atoms with E-state index in [2.05, 4.69) is 5.32 Å². The number of carboxylic acid groups (broad SMARTS) is 1. The first-order valence-corrected chi connectivity index (χ1v) is 8.43. The number of aryl methyl sites for hydroxylation is 1.